The standard InChI is InChI=1S/C5F2N3/c6-4-3(1-8)2-9-5(7)10-4. The maximum absolute atomic E-state index is 12.2. The molecule has 1 radical (unpaired) electrons. The molecular formula is C5F2N3. The van der Waals surface area contributed by atoms with Gasteiger partial charge in [0.1, 0.15) is 17.8 Å². The molecule has 0 saturated carbocycles. The van der Waals surface area contributed by atoms with Gasteiger partial charge in [0.15, 0.2) is 0 Å². The highest BCUT2D eigenvalue weighted by atomic mass is 19.1. The van der Waals surface area contributed by atoms with Crippen molar-refractivity contribution in [2.75, 3.05) is 0 Å². The minimum Gasteiger partial charge on any atom is -0.199 e. The average molecular weight is 140 g/mol. The van der Waals surface area contributed by atoms with Crippen molar-refractivity contribution in [3.63, 3.8) is 0 Å². The normalized spacial score (nSPS) is 8.90. The molecule has 1 aromatic heterocycles. The number of rotatable bonds is 0. The number of aromatic nitrogens is 2. The first-order valence-electron chi connectivity index (χ1n) is 2.25. The van der Waals surface area contributed by atoms with Crippen molar-refractivity contribution in [2.24, 2.45) is 0 Å². The highest BCUT2D eigenvalue weighted by Gasteiger charge is 2.04. The Labute approximate surface area is 55.0 Å². The third kappa shape index (κ3) is 1.05. The predicted octanol–water partition coefficient (Wildman–Crippen LogP) is 0.427. The molecular weight excluding hydrogens is 140 g/mol. The third-order valence-corrected chi connectivity index (χ3v) is 0.768. The number of hydrogen-bond acceptors (Lipinski definition) is 3. The summed E-state index contributed by atoms with van der Waals surface area (Å²) in [5, 5.41) is 8.09. The van der Waals surface area contributed by atoms with Crippen LogP contribution in [0, 0.1) is 29.6 Å². The quantitative estimate of drug-likeness (QED) is 0.387. The Morgan fingerprint density at radius 2 is 2.20 bits per heavy atom. The van der Waals surface area contributed by atoms with Gasteiger partial charge in [-0.05, 0) is 0 Å². The van der Waals surface area contributed by atoms with Gasteiger partial charge in [0.2, 0.25) is 5.95 Å². The van der Waals surface area contributed by atoms with Crippen molar-refractivity contribution in [2.45, 2.75) is 0 Å². The van der Waals surface area contributed by atoms with Gasteiger partial charge < -0.3 is 0 Å². The summed E-state index contributed by atoms with van der Waals surface area (Å²) in [6.45, 7) is 0. The topological polar surface area (TPSA) is 49.6 Å². The monoisotopic (exact) mass is 140 g/mol. The SMILES string of the molecule is N#Cc1[c]nc(F)nc1F. The van der Waals surface area contributed by atoms with Crippen LogP contribution in [-0.4, -0.2) is 9.97 Å². The highest BCUT2D eigenvalue weighted by Crippen LogP contribution is 1.98. The molecule has 1 aromatic rings. The zero-order valence-corrected chi connectivity index (χ0v) is 4.60. The van der Waals surface area contributed by atoms with Crippen LogP contribution in [0.15, 0.2) is 0 Å². The summed E-state index contributed by atoms with van der Waals surface area (Å²) in [6.07, 6.45) is 0.606. The second-order valence-corrected chi connectivity index (χ2v) is 1.38. The van der Waals surface area contributed by atoms with E-state index in [0.29, 0.717) is 0 Å². The fourth-order valence-electron chi connectivity index (χ4n) is 0.381. The van der Waals surface area contributed by atoms with E-state index in [-0.39, 0.29) is 0 Å². The van der Waals surface area contributed by atoms with E-state index in [1.807, 2.05) is 6.20 Å². The highest BCUT2D eigenvalue weighted by molar-refractivity contribution is 5.21. The summed E-state index contributed by atoms with van der Waals surface area (Å²) in [7, 11) is 0. The maximum Gasteiger partial charge on any atom is 0.311 e. The van der Waals surface area contributed by atoms with Gasteiger partial charge in [-0.1, -0.05) is 0 Å². The first-order valence-corrected chi connectivity index (χ1v) is 2.25. The molecule has 1 rings (SSSR count). The summed E-state index contributed by atoms with van der Waals surface area (Å²) in [6, 6.07) is 1.40. The summed E-state index contributed by atoms with van der Waals surface area (Å²) < 4.78 is 24.1. The van der Waals surface area contributed by atoms with Crippen molar-refractivity contribution in [3.05, 3.63) is 23.8 Å². The molecule has 0 atom stereocenters. The van der Waals surface area contributed by atoms with Crippen LogP contribution in [0.2, 0.25) is 0 Å². The lowest BCUT2D eigenvalue weighted by atomic mass is 10.4. The maximum atomic E-state index is 12.2. The molecule has 49 valence electrons. The van der Waals surface area contributed by atoms with E-state index in [2.05, 4.69) is 9.97 Å². The van der Waals surface area contributed by atoms with Gasteiger partial charge >= 0.3 is 6.08 Å². The molecule has 0 bridgehead atoms. The number of nitrogens with zero attached hydrogens (tertiary/aromatic N) is 3. The molecule has 0 unspecified atom stereocenters. The van der Waals surface area contributed by atoms with Gasteiger partial charge in [0.25, 0.3) is 0 Å². The molecule has 1 heterocycles. The Kier molecular flexibility index (Phi) is 1.54. The second-order valence-electron chi connectivity index (χ2n) is 1.38. The molecule has 0 amide bonds. The Hall–Kier alpha value is -1.57. The van der Waals surface area contributed by atoms with Crippen LogP contribution in [0.1, 0.15) is 5.56 Å². The molecule has 0 aliphatic heterocycles. The van der Waals surface area contributed by atoms with Crippen LogP contribution in [0.4, 0.5) is 8.78 Å². The van der Waals surface area contributed by atoms with Gasteiger partial charge in [0, 0.05) is 0 Å². The smallest absolute Gasteiger partial charge is 0.199 e. The Balaban J connectivity index is 3.23. The van der Waals surface area contributed by atoms with Crippen LogP contribution in [0.25, 0.3) is 0 Å². The van der Waals surface area contributed by atoms with Crippen LogP contribution >= 0.6 is 0 Å². The van der Waals surface area contributed by atoms with Gasteiger partial charge in [-0.2, -0.15) is 24.0 Å². The molecule has 0 fully saturated rings. The van der Waals surface area contributed by atoms with Crippen molar-refractivity contribution < 1.29 is 8.78 Å². The van der Waals surface area contributed by atoms with Gasteiger partial charge in [0.05, 0.1) is 0 Å². The van der Waals surface area contributed by atoms with E-state index < -0.39 is 17.6 Å². The van der Waals surface area contributed by atoms with Gasteiger partial charge in [-0.3, -0.25) is 0 Å². The number of halogens is 2. The Morgan fingerprint density at radius 3 is 2.70 bits per heavy atom. The zero-order chi connectivity index (χ0) is 7.56. The first-order chi connectivity index (χ1) is 4.74. The largest absolute Gasteiger partial charge is 0.311 e. The zero-order valence-electron chi connectivity index (χ0n) is 4.60. The molecule has 0 saturated heterocycles. The van der Waals surface area contributed by atoms with Gasteiger partial charge in [-0.25, -0.2) is 0 Å². The van der Waals surface area contributed by atoms with Crippen LogP contribution in [0.5, 0.6) is 0 Å². The van der Waals surface area contributed by atoms with E-state index in [4.69, 9.17) is 5.26 Å². The van der Waals surface area contributed by atoms with Crippen molar-refractivity contribution in [1.29, 1.82) is 5.26 Å². The summed E-state index contributed by atoms with van der Waals surface area (Å²) in [4.78, 5) is 5.49. The molecule has 0 aliphatic rings. The van der Waals surface area contributed by atoms with E-state index in [1.165, 1.54) is 6.07 Å². The fourth-order valence-corrected chi connectivity index (χ4v) is 0.381. The Morgan fingerprint density at radius 1 is 1.50 bits per heavy atom. The lowest BCUT2D eigenvalue weighted by Crippen LogP contribution is -1.96. The van der Waals surface area contributed by atoms with Crippen molar-refractivity contribution >= 4 is 0 Å². The van der Waals surface area contributed by atoms with Crippen molar-refractivity contribution in [3.8, 4) is 6.07 Å². The van der Waals surface area contributed by atoms with E-state index >= 15 is 0 Å². The average Bonchev–Trinajstić information content (AvgIpc) is 1.88. The van der Waals surface area contributed by atoms with E-state index in [1.54, 1.807) is 0 Å². The fraction of sp³-hybridized carbons (Fsp3) is 0. The third-order valence-electron chi connectivity index (χ3n) is 0.768. The molecule has 0 aromatic carbocycles. The molecule has 3 nitrogen and oxygen atoms in total. The molecule has 0 aliphatic carbocycles. The van der Waals surface area contributed by atoms with Crippen LogP contribution in [-0.2, 0) is 0 Å². The number of hydrogen-bond donors (Lipinski definition) is 0. The lowest BCUT2D eigenvalue weighted by Gasteiger charge is -1.87. The molecule has 10 heavy (non-hydrogen) atoms. The van der Waals surface area contributed by atoms with E-state index in [0.717, 1.165) is 0 Å². The van der Waals surface area contributed by atoms with Crippen molar-refractivity contribution in [1.82, 2.24) is 9.97 Å². The van der Waals surface area contributed by atoms with E-state index in [9.17, 15) is 8.78 Å². The molecule has 0 spiro atoms. The minimum atomic E-state index is -1.23. The second kappa shape index (κ2) is 2.35. The lowest BCUT2D eigenvalue weighted by molar-refractivity contribution is 0.479. The molecule has 0 N–H and O–H groups in total. The molecule has 5 heteroatoms. The summed E-state index contributed by atoms with van der Waals surface area (Å²) in [5.74, 6) is -1.19. The Bertz CT molecular complexity index is 291. The van der Waals surface area contributed by atoms with Crippen LogP contribution < -0.4 is 0 Å². The number of nitriles is 1. The summed E-state index contributed by atoms with van der Waals surface area (Å²) >= 11 is 0. The summed E-state index contributed by atoms with van der Waals surface area (Å²) in [5.41, 5.74) is -0.485. The van der Waals surface area contributed by atoms with Gasteiger partial charge in [-0.15, -0.1) is 0 Å². The minimum absolute atomic E-state index is 0.485. The first kappa shape index (κ1) is 6.55. The van der Waals surface area contributed by atoms with Crippen LogP contribution in [0.3, 0.4) is 0 Å². The predicted molar refractivity (Wildman–Crippen MR) is 25.5 cm³/mol.